The van der Waals surface area contributed by atoms with Crippen LogP contribution in [0.25, 0.3) is 10.8 Å². The summed E-state index contributed by atoms with van der Waals surface area (Å²) in [6, 6.07) is 23.6. The lowest BCUT2D eigenvalue weighted by Crippen LogP contribution is -2.55. The maximum atomic E-state index is 12.5. The Morgan fingerprint density at radius 2 is 1.77 bits per heavy atom. The molecule has 1 atom stereocenters. The highest BCUT2D eigenvalue weighted by atomic mass is 16.1. The summed E-state index contributed by atoms with van der Waals surface area (Å²) >= 11 is 0. The highest BCUT2D eigenvalue weighted by Crippen LogP contribution is 2.32. The predicted octanol–water partition coefficient (Wildman–Crippen LogP) is 4.49. The van der Waals surface area contributed by atoms with E-state index >= 15 is 0 Å². The van der Waals surface area contributed by atoms with Gasteiger partial charge in [-0.3, -0.25) is 9.69 Å². The third-order valence-corrected chi connectivity index (χ3v) is 6.81. The van der Waals surface area contributed by atoms with E-state index in [1.54, 1.807) is 0 Å². The molecule has 2 heterocycles. The Morgan fingerprint density at radius 3 is 2.71 bits per heavy atom. The molecule has 4 heteroatoms. The first kappa shape index (κ1) is 20.1. The van der Waals surface area contributed by atoms with Crippen molar-refractivity contribution in [3.05, 3.63) is 77.9 Å². The molecule has 0 radical (unpaired) electrons. The summed E-state index contributed by atoms with van der Waals surface area (Å²) in [6.45, 7) is 5.28. The number of rotatable bonds is 6. The Hall–Kier alpha value is -2.85. The van der Waals surface area contributed by atoms with E-state index in [2.05, 4.69) is 51.5 Å². The summed E-state index contributed by atoms with van der Waals surface area (Å²) in [7, 11) is 0. The minimum absolute atomic E-state index is 0.0280. The van der Waals surface area contributed by atoms with Gasteiger partial charge in [0, 0.05) is 43.5 Å². The van der Waals surface area contributed by atoms with Gasteiger partial charge in [0.2, 0.25) is 0 Å². The van der Waals surface area contributed by atoms with Crippen LogP contribution in [0.3, 0.4) is 0 Å². The van der Waals surface area contributed by atoms with E-state index in [1.165, 1.54) is 29.5 Å². The van der Waals surface area contributed by atoms with Crippen molar-refractivity contribution in [1.82, 2.24) is 10.2 Å². The number of hydrogen-bond acceptors (Lipinski definition) is 3. The second kappa shape index (κ2) is 9.11. The Balaban J connectivity index is 1.05. The first-order valence-electron chi connectivity index (χ1n) is 11.6. The van der Waals surface area contributed by atoms with Crippen molar-refractivity contribution in [2.45, 2.75) is 31.7 Å². The summed E-state index contributed by atoms with van der Waals surface area (Å²) in [5, 5.41) is 5.37. The molecule has 2 aliphatic rings. The van der Waals surface area contributed by atoms with Crippen LogP contribution in [0.2, 0.25) is 0 Å². The van der Waals surface area contributed by atoms with E-state index in [-0.39, 0.29) is 5.91 Å². The van der Waals surface area contributed by atoms with Crippen LogP contribution in [0, 0.1) is 0 Å². The van der Waals surface area contributed by atoms with Crippen molar-refractivity contribution in [2.24, 2.45) is 0 Å². The van der Waals surface area contributed by atoms with Crippen LogP contribution < -0.4 is 10.2 Å². The molecule has 0 spiro atoms. The Bertz CT molecular complexity index is 1060. The third-order valence-electron chi connectivity index (χ3n) is 6.81. The monoisotopic (exact) mass is 413 g/mol. The number of nitrogens with one attached hydrogen (secondary N) is 1. The number of anilines is 1. The minimum Gasteiger partial charge on any atom is -0.366 e. The van der Waals surface area contributed by atoms with E-state index < -0.39 is 0 Å². The lowest BCUT2D eigenvalue weighted by molar-refractivity contribution is 0.0952. The van der Waals surface area contributed by atoms with Crippen LogP contribution in [0.4, 0.5) is 5.69 Å². The molecule has 0 unspecified atom stereocenters. The van der Waals surface area contributed by atoms with Gasteiger partial charge in [-0.15, -0.1) is 0 Å². The molecular formula is C27H31N3O. The van der Waals surface area contributed by atoms with Gasteiger partial charge in [0.15, 0.2) is 0 Å². The number of unbranched alkanes of at least 4 members (excludes halogenated alkanes) is 1. The lowest BCUT2D eigenvalue weighted by atomic mass is 9.94. The maximum absolute atomic E-state index is 12.5. The SMILES string of the molecule is O=C(NCCCCN1CCN2c3ccccc3CC[C@H]2C1)c1ccc2ccccc2c1. The normalized spacial score (nSPS) is 18.5. The van der Waals surface area contributed by atoms with Gasteiger partial charge < -0.3 is 10.2 Å². The first-order valence-corrected chi connectivity index (χ1v) is 11.6. The van der Waals surface area contributed by atoms with Gasteiger partial charge in [-0.1, -0.05) is 48.5 Å². The molecule has 3 aromatic carbocycles. The lowest BCUT2D eigenvalue weighted by Gasteiger charge is -2.46. The molecule has 0 aromatic heterocycles. The van der Waals surface area contributed by atoms with Gasteiger partial charge in [0.05, 0.1) is 0 Å². The third kappa shape index (κ3) is 4.45. The predicted molar refractivity (Wildman–Crippen MR) is 128 cm³/mol. The van der Waals surface area contributed by atoms with E-state index in [0.717, 1.165) is 56.5 Å². The van der Waals surface area contributed by atoms with Gasteiger partial charge in [-0.05, 0) is 66.8 Å². The molecule has 1 N–H and O–H groups in total. The number of carbonyl (C=O) groups is 1. The number of fused-ring (bicyclic) bond motifs is 4. The second-order valence-corrected chi connectivity index (χ2v) is 8.84. The van der Waals surface area contributed by atoms with Crippen LogP contribution in [0.1, 0.15) is 35.2 Å². The minimum atomic E-state index is 0.0280. The number of nitrogens with zero attached hydrogens (tertiary/aromatic N) is 2. The molecule has 2 aliphatic heterocycles. The summed E-state index contributed by atoms with van der Waals surface area (Å²) < 4.78 is 0. The molecule has 1 amide bonds. The molecule has 31 heavy (non-hydrogen) atoms. The first-order chi connectivity index (χ1) is 15.3. The van der Waals surface area contributed by atoms with E-state index in [1.807, 2.05) is 30.3 Å². The van der Waals surface area contributed by atoms with Crippen LogP contribution in [0.5, 0.6) is 0 Å². The molecule has 1 saturated heterocycles. The van der Waals surface area contributed by atoms with E-state index in [0.29, 0.717) is 6.04 Å². The van der Waals surface area contributed by atoms with Crippen LogP contribution in [-0.2, 0) is 6.42 Å². The summed E-state index contributed by atoms with van der Waals surface area (Å²) in [4.78, 5) is 17.7. The summed E-state index contributed by atoms with van der Waals surface area (Å²) in [5.41, 5.74) is 3.71. The molecule has 4 nitrogen and oxygen atoms in total. The van der Waals surface area contributed by atoms with Crippen molar-refractivity contribution in [1.29, 1.82) is 0 Å². The van der Waals surface area contributed by atoms with Crippen molar-refractivity contribution >= 4 is 22.4 Å². The highest BCUT2D eigenvalue weighted by Gasteiger charge is 2.30. The molecule has 0 bridgehead atoms. The average molecular weight is 414 g/mol. The van der Waals surface area contributed by atoms with Gasteiger partial charge in [0.25, 0.3) is 5.91 Å². The molecule has 160 valence electrons. The van der Waals surface area contributed by atoms with Crippen LogP contribution in [-0.4, -0.2) is 49.6 Å². The zero-order valence-electron chi connectivity index (χ0n) is 18.1. The van der Waals surface area contributed by atoms with Gasteiger partial charge in [-0.2, -0.15) is 0 Å². The average Bonchev–Trinajstić information content (AvgIpc) is 2.83. The fourth-order valence-electron chi connectivity index (χ4n) is 5.11. The smallest absolute Gasteiger partial charge is 0.251 e. The Morgan fingerprint density at radius 1 is 0.935 bits per heavy atom. The quantitative estimate of drug-likeness (QED) is 0.605. The number of aryl methyl sites for hydroxylation is 1. The molecule has 3 aromatic rings. The van der Waals surface area contributed by atoms with Crippen molar-refractivity contribution in [2.75, 3.05) is 37.6 Å². The second-order valence-electron chi connectivity index (χ2n) is 8.84. The van der Waals surface area contributed by atoms with Gasteiger partial charge >= 0.3 is 0 Å². The van der Waals surface area contributed by atoms with Gasteiger partial charge in [0.1, 0.15) is 0 Å². The molecule has 0 saturated carbocycles. The van der Waals surface area contributed by atoms with Crippen LogP contribution >= 0.6 is 0 Å². The van der Waals surface area contributed by atoms with Crippen molar-refractivity contribution in [3.8, 4) is 0 Å². The Kier molecular flexibility index (Phi) is 5.90. The number of hydrogen-bond donors (Lipinski definition) is 1. The highest BCUT2D eigenvalue weighted by molar-refractivity contribution is 5.98. The molecule has 5 rings (SSSR count). The fourth-order valence-corrected chi connectivity index (χ4v) is 5.11. The summed E-state index contributed by atoms with van der Waals surface area (Å²) in [5.74, 6) is 0.0280. The zero-order chi connectivity index (χ0) is 21.0. The number of carbonyl (C=O) groups excluding carboxylic acids is 1. The summed E-state index contributed by atoms with van der Waals surface area (Å²) in [6.07, 6.45) is 4.61. The number of benzene rings is 3. The van der Waals surface area contributed by atoms with Crippen LogP contribution in [0.15, 0.2) is 66.7 Å². The maximum Gasteiger partial charge on any atom is 0.251 e. The van der Waals surface area contributed by atoms with Crippen molar-refractivity contribution in [3.63, 3.8) is 0 Å². The number of amides is 1. The van der Waals surface area contributed by atoms with E-state index in [9.17, 15) is 4.79 Å². The largest absolute Gasteiger partial charge is 0.366 e. The fraction of sp³-hybridized carbons (Fsp3) is 0.370. The topological polar surface area (TPSA) is 35.6 Å². The molecular weight excluding hydrogens is 382 g/mol. The van der Waals surface area contributed by atoms with E-state index in [4.69, 9.17) is 0 Å². The molecule has 1 fully saturated rings. The number of para-hydroxylation sites is 1. The number of piperazine rings is 1. The Labute approximate surface area is 184 Å². The zero-order valence-corrected chi connectivity index (χ0v) is 18.1. The van der Waals surface area contributed by atoms with Gasteiger partial charge in [-0.25, -0.2) is 0 Å². The molecule has 0 aliphatic carbocycles. The van der Waals surface area contributed by atoms with Crippen molar-refractivity contribution < 1.29 is 4.79 Å². The standard InChI is InChI=1S/C27H31N3O/c31-27(24-12-11-21-7-1-2-9-23(21)19-24)28-15-5-6-16-29-17-18-30-25(20-29)14-13-22-8-3-4-10-26(22)30/h1-4,7-12,19,25H,5-6,13-18,20H2,(H,28,31)/t25-/m0/s1.